The number of nitrogens with zero attached hydrogens (tertiary/aromatic N) is 1. The van der Waals surface area contributed by atoms with Gasteiger partial charge in [0.15, 0.2) is 0 Å². The van der Waals surface area contributed by atoms with Gasteiger partial charge in [-0.25, -0.2) is 4.79 Å². The summed E-state index contributed by atoms with van der Waals surface area (Å²) in [5.41, 5.74) is 1.48. The smallest absolute Gasteiger partial charge is 0.315 e. The fourth-order valence-corrected chi connectivity index (χ4v) is 2.45. The molecule has 0 heterocycles. The number of carboxylic acid groups (broad SMARTS) is 1. The number of nitriles is 1. The molecule has 3 N–H and O–H groups in total. The van der Waals surface area contributed by atoms with Gasteiger partial charge in [-0.1, -0.05) is 12.1 Å². The number of rotatable bonds is 4. The van der Waals surface area contributed by atoms with Crippen LogP contribution in [0.3, 0.4) is 0 Å². The first-order chi connectivity index (χ1) is 10.1. The fraction of sp³-hybridized carbons (Fsp3) is 0.400. The van der Waals surface area contributed by atoms with Gasteiger partial charge in [0, 0.05) is 12.6 Å². The van der Waals surface area contributed by atoms with Crippen LogP contribution in [0.1, 0.15) is 30.4 Å². The molecule has 1 aromatic rings. The van der Waals surface area contributed by atoms with Crippen LogP contribution in [0.5, 0.6) is 0 Å². The van der Waals surface area contributed by atoms with E-state index in [4.69, 9.17) is 10.4 Å². The van der Waals surface area contributed by atoms with Crippen LogP contribution in [0, 0.1) is 17.2 Å². The van der Waals surface area contributed by atoms with Crippen LogP contribution in [0.15, 0.2) is 24.3 Å². The monoisotopic (exact) mass is 287 g/mol. The molecule has 0 radical (unpaired) electrons. The molecule has 1 saturated carbocycles. The molecule has 110 valence electrons. The highest BCUT2D eigenvalue weighted by atomic mass is 16.4. The van der Waals surface area contributed by atoms with E-state index in [0.717, 1.165) is 5.56 Å². The van der Waals surface area contributed by atoms with E-state index in [1.54, 1.807) is 24.3 Å². The highest BCUT2D eigenvalue weighted by Gasteiger charge is 2.30. The first kappa shape index (κ1) is 14.9. The molecule has 1 aromatic carbocycles. The molecule has 1 aliphatic carbocycles. The lowest BCUT2D eigenvalue weighted by atomic mass is 10.1. The highest BCUT2D eigenvalue weighted by molar-refractivity contribution is 5.75. The number of hydrogen-bond donors (Lipinski definition) is 3. The molecule has 1 fully saturated rings. The Morgan fingerprint density at radius 2 is 2.00 bits per heavy atom. The molecule has 6 heteroatoms. The number of hydrogen-bond acceptors (Lipinski definition) is 3. The molecule has 2 rings (SSSR count). The summed E-state index contributed by atoms with van der Waals surface area (Å²) in [5.74, 6) is -1.15. The minimum absolute atomic E-state index is 0.0768. The Labute approximate surface area is 122 Å². The van der Waals surface area contributed by atoms with Gasteiger partial charge in [-0.15, -0.1) is 0 Å². The van der Waals surface area contributed by atoms with Crippen molar-refractivity contribution in [1.82, 2.24) is 10.6 Å². The summed E-state index contributed by atoms with van der Waals surface area (Å²) < 4.78 is 0. The van der Waals surface area contributed by atoms with E-state index in [2.05, 4.69) is 10.6 Å². The molecular formula is C15H17N3O3. The van der Waals surface area contributed by atoms with Crippen molar-refractivity contribution in [2.45, 2.75) is 31.8 Å². The topological polar surface area (TPSA) is 102 Å². The molecule has 6 nitrogen and oxygen atoms in total. The lowest BCUT2D eigenvalue weighted by Crippen LogP contribution is -2.40. The van der Waals surface area contributed by atoms with Crippen LogP contribution in [0.2, 0.25) is 0 Å². The predicted octanol–water partition coefficient (Wildman–Crippen LogP) is 1.61. The maximum atomic E-state index is 11.7. The third-order valence-corrected chi connectivity index (χ3v) is 3.65. The quantitative estimate of drug-likeness (QED) is 0.782. The number of carbonyl (C=O) groups is 2. The van der Waals surface area contributed by atoms with Crippen molar-refractivity contribution < 1.29 is 14.7 Å². The molecule has 0 spiro atoms. The zero-order valence-electron chi connectivity index (χ0n) is 11.5. The van der Waals surface area contributed by atoms with Gasteiger partial charge in [-0.2, -0.15) is 5.26 Å². The SMILES string of the molecule is N#Cc1ccc(CNC(=O)NC2CCC(C(=O)O)C2)cc1. The van der Waals surface area contributed by atoms with Gasteiger partial charge in [0.05, 0.1) is 17.6 Å². The van der Waals surface area contributed by atoms with Crippen LogP contribution < -0.4 is 10.6 Å². The largest absolute Gasteiger partial charge is 0.481 e. The summed E-state index contributed by atoms with van der Waals surface area (Å²) in [6.07, 6.45) is 1.79. The molecule has 0 saturated heterocycles. The zero-order valence-corrected chi connectivity index (χ0v) is 11.5. The summed E-state index contributed by atoms with van der Waals surface area (Å²) in [6.45, 7) is 0.368. The number of carboxylic acids is 1. The van der Waals surface area contributed by atoms with Crippen molar-refractivity contribution in [1.29, 1.82) is 5.26 Å². The standard InChI is InChI=1S/C15H17N3O3/c16-8-10-1-3-11(4-2-10)9-17-15(21)18-13-6-5-12(7-13)14(19)20/h1-4,12-13H,5-7,9H2,(H,19,20)(H2,17,18,21). The Hall–Kier alpha value is -2.55. The second kappa shape index (κ2) is 6.75. The predicted molar refractivity (Wildman–Crippen MR) is 75.3 cm³/mol. The first-order valence-corrected chi connectivity index (χ1v) is 6.84. The van der Waals surface area contributed by atoms with E-state index in [0.29, 0.717) is 31.4 Å². The zero-order chi connectivity index (χ0) is 15.2. The summed E-state index contributed by atoms with van der Waals surface area (Å²) in [4.78, 5) is 22.6. The number of aliphatic carboxylic acids is 1. The Balaban J connectivity index is 1.75. The third kappa shape index (κ3) is 4.21. The molecule has 0 aliphatic heterocycles. The maximum Gasteiger partial charge on any atom is 0.315 e. The fourth-order valence-electron chi connectivity index (χ4n) is 2.45. The Bertz CT molecular complexity index is 563. The van der Waals surface area contributed by atoms with E-state index < -0.39 is 5.97 Å². The summed E-state index contributed by atoms with van der Waals surface area (Å²) in [7, 11) is 0. The number of amides is 2. The van der Waals surface area contributed by atoms with Crippen LogP contribution in [0.4, 0.5) is 4.79 Å². The van der Waals surface area contributed by atoms with E-state index in [-0.39, 0.29) is 18.0 Å². The lowest BCUT2D eigenvalue weighted by molar-refractivity contribution is -0.141. The average Bonchev–Trinajstić information content (AvgIpc) is 2.94. The van der Waals surface area contributed by atoms with Gasteiger partial charge < -0.3 is 15.7 Å². The average molecular weight is 287 g/mol. The lowest BCUT2D eigenvalue weighted by Gasteiger charge is -2.13. The Morgan fingerprint density at radius 3 is 2.57 bits per heavy atom. The van der Waals surface area contributed by atoms with Gasteiger partial charge in [-0.05, 0) is 37.0 Å². The van der Waals surface area contributed by atoms with E-state index >= 15 is 0 Å². The highest BCUT2D eigenvalue weighted by Crippen LogP contribution is 2.25. The van der Waals surface area contributed by atoms with E-state index in [9.17, 15) is 9.59 Å². The molecule has 21 heavy (non-hydrogen) atoms. The van der Waals surface area contributed by atoms with Crippen molar-refractivity contribution in [3.63, 3.8) is 0 Å². The third-order valence-electron chi connectivity index (χ3n) is 3.65. The first-order valence-electron chi connectivity index (χ1n) is 6.84. The van der Waals surface area contributed by atoms with Gasteiger partial charge in [-0.3, -0.25) is 4.79 Å². The van der Waals surface area contributed by atoms with Gasteiger partial charge in [0.1, 0.15) is 0 Å². The molecule has 0 aromatic heterocycles. The van der Waals surface area contributed by atoms with Crippen LogP contribution in [-0.2, 0) is 11.3 Å². The van der Waals surface area contributed by atoms with Crippen molar-refractivity contribution in [3.8, 4) is 6.07 Å². The minimum Gasteiger partial charge on any atom is -0.481 e. The van der Waals surface area contributed by atoms with Crippen molar-refractivity contribution in [2.24, 2.45) is 5.92 Å². The normalized spacial score (nSPS) is 20.5. The second-order valence-corrected chi connectivity index (χ2v) is 5.18. The summed E-state index contributed by atoms with van der Waals surface area (Å²) in [5, 5.41) is 23.1. The molecule has 0 bridgehead atoms. The summed E-state index contributed by atoms with van der Waals surface area (Å²) >= 11 is 0. The maximum absolute atomic E-state index is 11.7. The van der Waals surface area contributed by atoms with Crippen molar-refractivity contribution in [2.75, 3.05) is 0 Å². The van der Waals surface area contributed by atoms with Gasteiger partial charge in [0.2, 0.25) is 0 Å². The van der Waals surface area contributed by atoms with E-state index in [1.807, 2.05) is 6.07 Å². The van der Waals surface area contributed by atoms with Gasteiger partial charge in [0.25, 0.3) is 0 Å². The van der Waals surface area contributed by atoms with Crippen molar-refractivity contribution in [3.05, 3.63) is 35.4 Å². The Morgan fingerprint density at radius 1 is 1.29 bits per heavy atom. The molecular weight excluding hydrogens is 270 g/mol. The second-order valence-electron chi connectivity index (χ2n) is 5.18. The molecule has 2 atom stereocenters. The van der Waals surface area contributed by atoms with Gasteiger partial charge >= 0.3 is 12.0 Å². The molecule has 2 amide bonds. The summed E-state index contributed by atoms with van der Waals surface area (Å²) in [6, 6.07) is 8.63. The number of urea groups is 1. The number of nitrogens with one attached hydrogen (secondary N) is 2. The molecule has 2 unspecified atom stereocenters. The van der Waals surface area contributed by atoms with Crippen LogP contribution in [0.25, 0.3) is 0 Å². The minimum atomic E-state index is -0.794. The van der Waals surface area contributed by atoms with Crippen LogP contribution in [-0.4, -0.2) is 23.1 Å². The Kier molecular flexibility index (Phi) is 4.77. The number of benzene rings is 1. The van der Waals surface area contributed by atoms with Crippen LogP contribution >= 0.6 is 0 Å². The number of carbonyl (C=O) groups excluding carboxylic acids is 1. The molecule has 1 aliphatic rings. The van der Waals surface area contributed by atoms with E-state index in [1.165, 1.54) is 0 Å². The van der Waals surface area contributed by atoms with Crippen molar-refractivity contribution >= 4 is 12.0 Å².